The van der Waals surface area contributed by atoms with E-state index in [9.17, 15) is 9.18 Å². The summed E-state index contributed by atoms with van der Waals surface area (Å²) in [4.78, 5) is 12.1. The van der Waals surface area contributed by atoms with E-state index >= 15 is 0 Å². The third-order valence-corrected chi connectivity index (χ3v) is 6.09. The second-order valence-corrected chi connectivity index (χ2v) is 9.34. The molecular weight excluding hydrogens is 373 g/mol. The molecule has 2 aliphatic carbocycles. The number of halogens is 1. The minimum absolute atomic E-state index is 0.0632. The van der Waals surface area contributed by atoms with Gasteiger partial charge in [0.05, 0.1) is 25.4 Å². The Morgan fingerprint density at radius 1 is 1.17 bits per heavy atom. The van der Waals surface area contributed by atoms with Gasteiger partial charge in [0.2, 0.25) is 0 Å². The van der Waals surface area contributed by atoms with Gasteiger partial charge in [-0.3, -0.25) is 0 Å². The highest BCUT2D eigenvalue weighted by Crippen LogP contribution is 2.48. The first-order valence-electron chi connectivity index (χ1n) is 10.5. The van der Waals surface area contributed by atoms with Gasteiger partial charge in [-0.1, -0.05) is 30.3 Å². The number of fused-ring (bicyclic) bond motifs is 1. The lowest BCUT2D eigenvalue weighted by atomic mass is 9.75. The van der Waals surface area contributed by atoms with Crippen LogP contribution in [0, 0.1) is 17.8 Å². The van der Waals surface area contributed by atoms with Gasteiger partial charge >= 0.3 is 6.09 Å². The quantitative estimate of drug-likeness (QED) is 0.755. The molecular formula is C23H34FNO4. The fourth-order valence-corrected chi connectivity index (χ4v) is 4.80. The van der Waals surface area contributed by atoms with Gasteiger partial charge in [-0.25, -0.2) is 9.18 Å². The van der Waals surface area contributed by atoms with Crippen LogP contribution in [0.1, 0.15) is 45.6 Å². The molecule has 0 spiro atoms. The van der Waals surface area contributed by atoms with Gasteiger partial charge in [0.25, 0.3) is 0 Å². The molecule has 0 bridgehead atoms. The van der Waals surface area contributed by atoms with Crippen molar-refractivity contribution >= 4 is 6.09 Å². The average Bonchev–Trinajstić information content (AvgIpc) is 2.98. The number of alkyl carbamates (subject to hydrolysis) is 1. The van der Waals surface area contributed by atoms with Crippen LogP contribution in [-0.4, -0.2) is 43.7 Å². The molecule has 0 aromatic heterocycles. The second kappa shape index (κ2) is 9.43. The highest BCUT2D eigenvalue weighted by molar-refractivity contribution is 5.68. The minimum Gasteiger partial charge on any atom is -0.444 e. The number of carbonyl (C=O) groups is 1. The molecule has 2 fully saturated rings. The van der Waals surface area contributed by atoms with Crippen molar-refractivity contribution in [2.75, 3.05) is 13.7 Å². The maximum Gasteiger partial charge on any atom is 0.407 e. The number of benzene rings is 1. The van der Waals surface area contributed by atoms with Gasteiger partial charge < -0.3 is 19.5 Å². The number of ether oxygens (including phenoxy) is 3. The van der Waals surface area contributed by atoms with E-state index in [4.69, 9.17) is 14.2 Å². The number of methoxy groups -OCH3 is 1. The second-order valence-electron chi connectivity index (χ2n) is 9.34. The minimum atomic E-state index is -1.06. The lowest BCUT2D eigenvalue weighted by molar-refractivity contribution is -0.00894. The number of amides is 1. The van der Waals surface area contributed by atoms with Gasteiger partial charge in [0.15, 0.2) is 0 Å². The van der Waals surface area contributed by atoms with Crippen molar-refractivity contribution in [3.05, 3.63) is 35.9 Å². The number of hydrogen-bond donors (Lipinski definition) is 1. The van der Waals surface area contributed by atoms with Crippen molar-refractivity contribution in [1.82, 2.24) is 5.32 Å². The van der Waals surface area contributed by atoms with Gasteiger partial charge in [-0.2, -0.15) is 0 Å². The largest absolute Gasteiger partial charge is 0.444 e. The summed E-state index contributed by atoms with van der Waals surface area (Å²) in [6.07, 6.45) is 0.324. The Morgan fingerprint density at radius 3 is 2.55 bits per heavy atom. The van der Waals surface area contributed by atoms with Gasteiger partial charge in [-0.15, -0.1) is 0 Å². The highest BCUT2D eigenvalue weighted by Gasteiger charge is 2.49. The Morgan fingerprint density at radius 2 is 1.90 bits per heavy atom. The van der Waals surface area contributed by atoms with Crippen molar-refractivity contribution < 1.29 is 23.4 Å². The van der Waals surface area contributed by atoms with E-state index in [0.717, 1.165) is 12.0 Å². The third-order valence-electron chi connectivity index (χ3n) is 6.09. The van der Waals surface area contributed by atoms with Crippen LogP contribution in [0.4, 0.5) is 9.18 Å². The molecule has 1 amide bonds. The van der Waals surface area contributed by atoms with Crippen molar-refractivity contribution in [2.45, 2.75) is 70.6 Å². The maximum atomic E-state index is 14.8. The summed E-state index contributed by atoms with van der Waals surface area (Å²) >= 11 is 0. The molecule has 6 atom stereocenters. The Labute approximate surface area is 173 Å². The van der Waals surface area contributed by atoms with E-state index in [1.165, 1.54) is 0 Å². The highest BCUT2D eigenvalue weighted by atomic mass is 19.1. The molecule has 1 aromatic carbocycles. The van der Waals surface area contributed by atoms with Crippen LogP contribution >= 0.6 is 0 Å². The molecule has 6 heteroatoms. The number of nitrogens with one attached hydrogen (secondary N) is 1. The third kappa shape index (κ3) is 5.92. The first-order chi connectivity index (χ1) is 13.8. The van der Waals surface area contributed by atoms with E-state index < -0.39 is 23.9 Å². The standard InChI is InChI=1S/C23H34FNO4/c1-23(2,3)29-22(26)25-20-12-17-16(10-19(20)24)11-21(27-4)18(17)14-28-13-15-8-6-5-7-9-15/h5-9,16-21H,10-14H2,1-4H3,(H,25,26)/t16-,17+,18-,19+,20-,21-/m0/s1. The number of alkyl halides is 1. The van der Waals surface area contributed by atoms with Crippen LogP contribution in [0.2, 0.25) is 0 Å². The average molecular weight is 408 g/mol. The molecule has 5 nitrogen and oxygen atoms in total. The number of rotatable bonds is 6. The summed E-state index contributed by atoms with van der Waals surface area (Å²) in [5.74, 6) is 0.726. The first-order valence-corrected chi connectivity index (χ1v) is 10.5. The fourth-order valence-electron chi connectivity index (χ4n) is 4.80. The summed E-state index contributed by atoms with van der Waals surface area (Å²) < 4.78 is 31.8. The molecule has 162 valence electrons. The summed E-state index contributed by atoms with van der Waals surface area (Å²) in [5.41, 5.74) is 0.531. The van der Waals surface area contributed by atoms with E-state index in [0.29, 0.717) is 26.1 Å². The van der Waals surface area contributed by atoms with Crippen molar-refractivity contribution in [3.8, 4) is 0 Å². The lowest BCUT2D eigenvalue weighted by Gasteiger charge is -2.37. The smallest absolute Gasteiger partial charge is 0.407 e. The normalized spacial score (nSPS) is 31.9. The number of carbonyl (C=O) groups excluding carboxylic acids is 1. The Bertz CT molecular complexity index is 663. The molecule has 1 aromatic rings. The van der Waals surface area contributed by atoms with Gasteiger partial charge in [0.1, 0.15) is 11.8 Å². The van der Waals surface area contributed by atoms with Crippen LogP contribution in [0.25, 0.3) is 0 Å². The molecule has 2 saturated carbocycles. The Balaban J connectivity index is 1.59. The Hall–Kier alpha value is -1.66. The van der Waals surface area contributed by atoms with E-state index in [2.05, 4.69) is 5.32 Å². The molecule has 29 heavy (non-hydrogen) atoms. The van der Waals surface area contributed by atoms with Crippen LogP contribution < -0.4 is 5.32 Å². The zero-order chi connectivity index (χ0) is 21.0. The Kier molecular flexibility index (Phi) is 7.17. The molecule has 1 N–H and O–H groups in total. The summed E-state index contributed by atoms with van der Waals surface area (Å²) in [5, 5.41) is 2.76. The molecule has 0 radical (unpaired) electrons. The SMILES string of the molecule is CO[C@H]1C[C@@H]2C[C@@H](F)[C@@H](NC(=O)OC(C)(C)C)C[C@H]2[C@@H]1COCc1ccccc1. The van der Waals surface area contributed by atoms with E-state index in [-0.39, 0.29) is 23.9 Å². The van der Waals surface area contributed by atoms with Crippen molar-refractivity contribution in [2.24, 2.45) is 17.8 Å². The topological polar surface area (TPSA) is 56.8 Å². The van der Waals surface area contributed by atoms with Crippen LogP contribution in [0.5, 0.6) is 0 Å². The fraction of sp³-hybridized carbons (Fsp3) is 0.696. The number of hydrogen-bond acceptors (Lipinski definition) is 4. The van der Waals surface area contributed by atoms with E-state index in [1.54, 1.807) is 27.9 Å². The zero-order valence-electron chi connectivity index (χ0n) is 17.9. The molecule has 2 aliphatic rings. The molecule has 0 saturated heterocycles. The van der Waals surface area contributed by atoms with E-state index in [1.807, 2.05) is 30.3 Å². The molecule has 0 unspecified atom stereocenters. The van der Waals surface area contributed by atoms with Crippen molar-refractivity contribution in [3.63, 3.8) is 0 Å². The summed E-state index contributed by atoms with van der Waals surface area (Å²) in [6.45, 7) is 6.53. The molecule has 3 rings (SSSR count). The first kappa shape index (κ1) is 22.0. The molecule has 0 aliphatic heterocycles. The van der Waals surface area contributed by atoms with Crippen LogP contribution in [0.3, 0.4) is 0 Å². The van der Waals surface area contributed by atoms with Crippen molar-refractivity contribution in [1.29, 1.82) is 0 Å². The maximum absolute atomic E-state index is 14.8. The predicted molar refractivity (Wildman–Crippen MR) is 109 cm³/mol. The monoisotopic (exact) mass is 407 g/mol. The van der Waals surface area contributed by atoms with Gasteiger partial charge in [0, 0.05) is 13.0 Å². The lowest BCUT2D eigenvalue weighted by Crippen LogP contribution is -2.49. The molecule has 0 heterocycles. The van der Waals surface area contributed by atoms with Crippen LogP contribution in [-0.2, 0) is 20.8 Å². The van der Waals surface area contributed by atoms with Gasteiger partial charge in [-0.05, 0) is 57.4 Å². The predicted octanol–water partition coefficient (Wildman–Crippen LogP) is 4.50. The zero-order valence-corrected chi connectivity index (χ0v) is 17.9. The van der Waals surface area contributed by atoms with Crippen LogP contribution in [0.15, 0.2) is 30.3 Å². The summed E-state index contributed by atoms with van der Waals surface area (Å²) in [7, 11) is 1.72. The summed E-state index contributed by atoms with van der Waals surface area (Å²) in [6, 6.07) is 9.54.